The molecule has 0 radical (unpaired) electrons. The van der Waals surface area contributed by atoms with Crippen LogP contribution in [0.5, 0.6) is 0 Å². The van der Waals surface area contributed by atoms with Crippen molar-refractivity contribution in [3.63, 3.8) is 0 Å². The van der Waals surface area contributed by atoms with E-state index >= 15 is 0 Å². The topological polar surface area (TPSA) is 149 Å². The third kappa shape index (κ3) is 10.0. The van der Waals surface area contributed by atoms with Crippen LogP contribution in [-0.2, 0) is 26.0 Å². The van der Waals surface area contributed by atoms with Gasteiger partial charge in [0.05, 0.1) is 18.6 Å². The summed E-state index contributed by atoms with van der Waals surface area (Å²) in [5.41, 5.74) is 7.87. The number of anilines is 2. The standard InChI is InChI=1S/C27H35ClN6O5S/c1-6-21(16-19(3)38-5)18-31-40(36,37)23-12-10-22(11-13-23)17-30-27(35)39-15-9-8-14-34(7-2)25-20(4)24(29)32-26(28)33-25/h6-7,10-13,16,31H,1-3,8-9,14-15,17-18H2,4-5H3,(H,30,35)(H2,29,32,33)/b21-16+. The van der Waals surface area contributed by atoms with Crippen molar-refractivity contribution >= 4 is 39.4 Å². The highest BCUT2D eigenvalue weighted by Gasteiger charge is 2.15. The van der Waals surface area contributed by atoms with Gasteiger partial charge in [-0.3, -0.25) is 0 Å². The Morgan fingerprint density at radius 1 is 1.20 bits per heavy atom. The Bertz CT molecular complexity index is 1350. The molecule has 0 atom stereocenters. The Balaban J connectivity index is 1.76. The predicted molar refractivity (Wildman–Crippen MR) is 157 cm³/mol. The summed E-state index contributed by atoms with van der Waals surface area (Å²) in [4.78, 5) is 22.1. The van der Waals surface area contributed by atoms with Gasteiger partial charge in [0, 0.05) is 25.2 Å². The Kier molecular flexibility index (Phi) is 12.7. The Labute approximate surface area is 240 Å². The lowest BCUT2D eigenvalue weighted by atomic mass is 10.2. The van der Waals surface area contributed by atoms with Gasteiger partial charge in [0.25, 0.3) is 0 Å². The largest absolute Gasteiger partial charge is 0.497 e. The van der Waals surface area contributed by atoms with Crippen molar-refractivity contribution in [2.45, 2.75) is 31.2 Å². The number of carbonyl (C=O) groups excluding carboxylic acids is 1. The highest BCUT2D eigenvalue weighted by atomic mass is 35.5. The number of allylic oxidation sites excluding steroid dienone is 1. The molecule has 4 N–H and O–H groups in total. The van der Waals surface area contributed by atoms with E-state index in [1.165, 1.54) is 25.3 Å². The van der Waals surface area contributed by atoms with Crippen LogP contribution in [0.25, 0.3) is 0 Å². The molecule has 1 heterocycles. The van der Waals surface area contributed by atoms with Gasteiger partial charge < -0.3 is 25.4 Å². The van der Waals surface area contributed by atoms with E-state index in [1.807, 2.05) is 4.90 Å². The third-order valence-electron chi connectivity index (χ3n) is 5.66. The fraction of sp³-hybridized carbons (Fsp3) is 0.296. The number of amides is 1. The average molecular weight is 591 g/mol. The summed E-state index contributed by atoms with van der Waals surface area (Å²) in [6.07, 6.45) is 5.45. The zero-order chi connectivity index (χ0) is 29.7. The first kappa shape index (κ1) is 32.3. The van der Waals surface area contributed by atoms with Crippen molar-refractivity contribution in [1.82, 2.24) is 20.0 Å². The lowest BCUT2D eigenvalue weighted by Crippen LogP contribution is -2.26. The number of benzene rings is 1. The Morgan fingerprint density at radius 3 is 2.52 bits per heavy atom. The number of aromatic nitrogens is 2. The molecule has 0 saturated heterocycles. The van der Waals surface area contributed by atoms with E-state index < -0.39 is 16.1 Å². The third-order valence-corrected chi connectivity index (χ3v) is 7.24. The van der Waals surface area contributed by atoms with Gasteiger partial charge in [-0.05, 0) is 66.9 Å². The number of alkyl carbamates (subject to hydrolysis) is 1. The number of methoxy groups -OCH3 is 1. The molecular weight excluding hydrogens is 556 g/mol. The van der Waals surface area contributed by atoms with Crippen molar-refractivity contribution in [3.8, 4) is 0 Å². The monoisotopic (exact) mass is 590 g/mol. The number of nitrogens with one attached hydrogen (secondary N) is 2. The van der Waals surface area contributed by atoms with Crippen LogP contribution in [0.4, 0.5) is 16.4 Å². The lowest BCUT2D eigenvalue weighted by molar-refractivity contribution is 0.144. The molecule has 0 aliphatic carbocycles. The number of nitrogens with zero attached hydrogens (tertiary/aromatic N) is 3. The number of unbranched alkanes of at least 4 members (excludes halogenated alkanes) is 1. The number of halogens is 1. The van der Waals surface area contributed by atoms with Gasteiger partial charge in [-0.25, -0.2) is 22.9 Å². The summed E-state index contributed by atoms with van der Waals surface area (Å²) in [5, 5.41) is 2.70. The molecule has 1 amide bonds. The quantitative estimate of drug-likeness (QED) is 0.113. The minimum absolute atomic E-state index is 0.0260. The molecule has 216 valence electrons. The molecule has 0 saturated carbocycles. The van der Waals surface area contributed by atoms with Gasteiger partial charge >= 0.3 is 6.09 Å². The van der Waals surface area contributed by atoms with Crippen LogP contribution in [0.1, 0.15) is 24.0 Å². The number of hydrogen-bond acceptors (Lipinski definition) is 9. The zero-order valence-corrected chi connectivity index (χ0v) is 24.2. The number of carbonyl (C=O) groups is 1. The van der Waals surface area contributed by atoms with Crippen LogP contribution in [-0.4, -0.2) is 51.3 Å². The fourth-order valence-corrected chi connectivity index (χ4v) is 4.52. The van der Waals surface area contributed by atoms with Crippen LogP contribution in [0.3, 0.4) is 0 Å². The molecule has 0 unspecified atom stereocenters. The minimum atomic E-state index is -3.76. The molecule has 0 aliphatic heterocycles. The van der Waals surface area contributed by atoms with Crippen LogP contribution >= 0.6 is 11.6 Å². The molecule has 1 aromatic heterocycles. The fourth-order valence-electron chi connectivity index (χ4n) is 3.33. The highest BCUT2D eigenvalue weighted by molar-refractivity contribution is 7.89. The number of rotatable bonds is 16. The van der Waals surface area contributed by atoms with Gasteiger partial charge in [-0.15, -0.1) is 0 Å². The van der Waals surface area contributed by atoms with E-state index in [4.69, 9.17) is 26.8 Å². The van der Waals surface area contributed by atoms with E-state index in [1.54, 1.807) is 31.3 Å². The van der Waals surface area contributed by atoms with Crippen molar-refractivity contribution in [3.05, 3.63) is 90.1 Å². The van der Waals surface area contributed by atoms with Crippen LogP contribution in [0.15, 0.2) is 78.6 Å². The molecule has 2 rings (SSSR count). The first-order valence-corrected chi connectivity index (χ1v) is 14.1. The van der Waals surface area contributed by atoms with Crippen molar-refractivity contribution in [1.29, 1.82) is 0 Å². The molecule has 11 nitrogen and oxygen atoms in total. The maximum absolute atomic E-state index is 12.6. The molecule has 0 bridgehead atoms. The first-order valence-electron chi connectivity index (χ1n) is 12.2. The zero-order valence-electron chi connectivity index (χ0n) is 22.7. The van der Waals surface area contributed by atoms with Crippen molar-refractivity contribution in [2.75, 3.05) is 37.4 Å². The maximum Gasteiger partial charge on any atom is 0.407 e. The van der Waals surface area contributed by atoms with E-state index in [0.717, 1.165) is 0 Å². The van der Waals surface area contributed by atoms with E-state index in [9.17, 15) is 13.2 Å². The number of nitrogen functional groups attached to an aromatic ring is 1. The number of nitrogens with two attached hydrogens (primary N) is 1. The van der Waals surface area contributed by atoms with Gasteiger partial charge in [0.2, 0.25) is 15.3 Å². The average Bonchev–Trinajstić information content (AvgIpc) is 2.94. The van der Waals surface area contributed by atoms with Gasteiger partial charge in [0.15, 0.2) is 0 Å². The van der Waals surface area contributed by atoms with E-state index in [-0.39, 0.29) is 29.9 Å². The Morgan fingerprint density at radius 2 is 1.90 bits per heavy atom. The summed E-state index contributed by atoms with van der Waals surface area (Å²) < 4.78 is 37.9. The summed E-state index contributed by atoms with van der Waals surface area (Å²) in [5.74, 6) is 1.26. The minimum Gasteiger partial charge on any atom is -0.497 e. The molecular formula is C27H35ClN6O5S. The second kappa shape index (κ2) is 15.7. The first-order chi connectivity index (χ1) is 19.0. The van der Waals surface area contributed by atoms with Crippen LogP contribution in [0.2, 0.25) is 5.28 Å². The van der Waals surface area contributed by atoms with Crippen molar-refractivity contribution < 1.29 is 22.7 Å². The molecule has 13 heteroatoms. The van der Waals surface area contributed by atoms with Gasteiger partial charge in [0.1, 0.15) is 17.4 Å². The van der Waals surface area contributed by atoms with Gasteiger partial charge in [-0.2, -0.15) is 4.98 Å². The molecule has 2 aromatic rings. The SMILES string of the molecule is C=C/C(=C\C(=C)OC)CNS(=O)(=O)c1ccc(CNC(=O)OCCCCN(C=C)c2nc(Cl)nc(N)c2C)cc1. The molecule has 1 aromatic carbocycles. The summed E-state index contributed by atoms with van der Waals surface area (Å²) in [6.45, 7) is 13.9. The second-order valence-corrected chi connectivity index (χ2v) is 10.6. The smallest absolute Gasteiger partial charge is 0.407 e. The normalized spacial score (nSPS) is 11.4. The maximum atomic E-state index is 12.6. The highest BCUT2D eigenvalue weighted by Crippen LogP contribution is 2.23. The molecule has 0 spiro atoms. The summed E-state index contributed by atoms with van der Waals surface area (Å²) in [6, 6.07) is 6.15. The predicted octanol–water partition coefficient (Wildman–Crippen LogP) is 4.23. The molecule has 0 fully saturated rings. The van der Waals surface area contributed by atoms with E-state index in [0.29, 0.717) is 53.5 Å². The summed E-state index contributed by atoms with van der Waals surface area (Å²) in [7, 11) is -2.29. The lowest BCUT2D eigenvalue weighted by Gasteiger charge is -2.21. The van der Waals surface area contributed by atoms with E-state index in [2.05, 4.69) is 39.7 Å². The van der Waals surface area contributed by atoms with Crippen LogP contribution in [0, 0.1) is 6.92 Å². The number of ether oxygens (including phenoxy) is 2. The van der Waals surface area contributed by atoms with Gasteiger partial charge in [-0.1, -0.05) is 37.9 Å². The Hall–Kier alpha value is -3.87. The number of sulfonamides is 1. The molecule has 40 heavy (non-hydrogen) atoms. The number of hydrogen-bond donors (Lipinski definition) is 3. The molecule has 0 aliphatic rings. The van der Waals surface area contributed by atoms with Crippen LogP contribution < -0.4 is 20.7 Å². The van der Waals surface area contributed by atoms with Crippen molar-refractivity contribution in [2.24, 2.45) is 0 Å². The summed E-state index contributed by atoms with van der Waals surface area (Å²) >= 11 is 5.92. The second-order valence-electron chi connectivity index (χ2n) is 8.46.